The zero-order chi connectivity index (χ0) is 17.4. The van der Waals surface area contributed by atoms with Crippen LogP contribution in [0.5, 0.6) is 11.5 Å². The van der Waals surface area contributed by atoms with E-state index in [4.69, 9.17) is 15.2 Å². The quantitative estimate of drug-likeness (QED) is 0.676. The highest BCUT2D eigenvalue weighted by molar-refractivity contribution is 5.96. The number of amides is 3. The van der Waals surface area contributed by atoms with Crippen LogP contribution in [0.25, 0.3) is 0 Å². The fourth-order valence-corrected chi connectivity index (χ4v) is 2.06. The summed E-state index contributed by atoms with van der Waals surface area (Å²) >= 11 is 0. The molecule has 0 unspecified atom stereocenters. The SMILES string of the molecule is CCCOc1ccc([C@H](C)N[C@@H](C)C(=O)NC(N)=O)cc1OC. The summed E-state index contributed by atoms with van der Waals surface area (Å²) in [5.41, 5.74) is 5.87. The smallest absolute Gasteiger partial charge is 0.318 e. The molecular weight excluding hydrogens is 298 g/mol. The first kappa shape index (κ1) is 18.8. The van der Waals surface area contributed by atoms with Gasteiger partial charge in [0.1, 0.15) is 0 Å². The third-order valence-electron chi connectivity index (χ3n) is 3.29. The Balaban J connectivity index is 2.77. The highest BCUT2D eigenvalue weighted by Gasteiger charge is 2.18. The molecule has 0 aliphatic rings. The summed E-state index contributed by atoms with van der Waals surface area (Å²) in [6, 6.07) is 4.05. The normalized spacial score (nSPS) is 13.0. The van der Waals surface area contributed by atoms with Crippen molar-refractivity contribution in [2.45, 2.75) is 39.3 Å². The van der Waals surface area contributed by atoms with E-state index in [0.717, 1.165) is 12.0 Å². The van der Waals surface area contributed by atoms with E-state index >= 15 is 0 Å². The summed E-state index contributed by atoms with van der Waals surface area (Å²) in [4.78, 5) is 22.4. The zero-order valence-electron chi connectivity index (χ0n) is 14.0. The van der Waals surface area contributed by atoms with Gasteiger partial charge in [-0.3, -0.25) is 15.4 Å². The first-order valence-electron chi connectivity index (χ1n) is 7.56. The zero-order valence-corrected chi connectivity index (χ0v) is 14.0. The third kappa shape index (κ3) is 5.78. The van der Waals surface area contributed by atoms with Crippen LogP contribution in [0.3, 0.4) is 0 Å². The molecule has 0 saturated heterocycles. The minimum atomic E-state index is -0.865. The first-order chi connectivity index (χ1) is 10.9. The number of primary amides is 1. The van der Waals surface area contributed by atoms with Gasteiger partial charge in [0.2, 0.25) is 5.91 Å². The van der Waals surface area contributed by atoms with Crippen LogP contribution in [0.1, 0.15) is 38.8 Å². The van der Waals surface area contributed by atoms with Crippen molar-refractivity contribution in [1.82, 2.24) is 10.6 Å². The van der Waals surface area contributed by atoms with Gasteiger partial charge in [-0.25, -0.2) is 4.79 Å². The highest BCUT2D eigenvalue weighted by Crippen LogP contribution is 2.30. The molecule has 1 aromatic carbocycles. The van der Waals surface area contributed by atoms with Crippen LogP contribution in [-0.2, 0) is 4.79 Å². The van der Waals surface area contributed by atoms with Crippen LogP contribution in [-0.4, -0.2) is 31.7 Å². The van der Waals surface area contributed by atoms with Crippen molar-refractivity contribution in [2.75, 3.05) is 13.7 Å². The summed E-state index contributed by atoms with van der Waals surface area (Å²) in [6.07, 6.45) is 0.912. The van der Waals surface area contributed by atoms with Gasteiger partial charge in [-0.2, -0.15) is 0 Å². The lowest BCUT2D eigenvalue weighted by Crippen LogP contribution is -2.47. The molecule has 0 fully saturated rings. The molecule has 1 rings (SSSR count). The molecule has 4 N–H and O–H groups in total. The Hall–Kier alpha value is -2.28. The van der Waals surface area contributed by atoms with E-state index < -0.39 is 18.0 Å². The van der Waals surface area contributed by atoms with Crippen molar-refractivity contribution in [3.63, 3.8) is 0 Å². The molecular formula is C16H25N3O4. The number of urea groups is 1. The predicted molar refractivity (Wildman–Crippen MR) is 87.5 cm³/mol. The molecule has 128 valence electrons. The van der Waals surface area contributed by atoms with E-state index in [1.807, 2.05) is 37.4 Å². The van der Waals surface area contributed by atoms with Crippen molar-refractivity contribution < 1.29 is 19.1 Å². The molecule has 0 bridgehead atoms. The predicted octanol–water partition coefficient (Wildman–Crippen LogP) is 1.72. The van der Waals surface area contributed by atoms with Crippen molar-refractivity contribution in [3.05, 3.63) is 23.8 Å². The number of hydrogen-bond acceptors (Lipinski definition) is 5. The molecule has 23 heavy (non-hydrogen) atoms. The minimum absolute atomic E-state index is 0.127. The number of nitrogens with two attached hydrogens (primary N) is 1. The van der Waals surface area contributed by atoms with Crippen LogP contribution in [0, 0.1) is 0 Å². The van der Waals surface area contributed by atoms with Crippen LogP contribution in [0.4, 0.5) is 4.79 Å². The number of carbonyl (C=O) groups excluding carboxylic acids is 2. The Morgan fingerprint density at radius 3 is 2.52 bits per heavy atom. The maximum Gasteiger partial charge on any atom is 0.318 e. The molecule has 2 atom stereocenters. The standard InChI is InChI=1S/C16H25N3O4/c1-5-8-23-13-7-6-12(9-14(13)22-4)10(2)18-11(3)15(20)19-16(17)21/h6-7,9-11,18H,5,8H2,1-4H3,(H3,17,19,20,21)/t10-,11-/m0/s1. The third-order valence-corrected chi connectivity index (χ3v) is 3.29. The first-order valence-corrected chi connectivity index (χ1v) is 7.56. The molecule has 0 heterocycles. The Morgan fingerprint density at radius 2 is 1.96 bits per heavy atom. The van der Waals surface area contributed by atoms with Gasteiger partial charge in [-0.1, -0.05) is 13.0 Å². The van der Waals surface area contributed by atoms with Gasteiger partial charge in [0.15, 0.2) is 11.5 Å². The summed E-state index contributed by atoms with van der Waals surface area (Å²) < 4.78 is 11.0. The number of carbonyl (C=O) groups is 2. The molecule has 3 amide bonds. The lowest BCUT2D eigenvalue weighted by Gasteiger charge is -2.20. The van der Waals surface area contributed by atoms with Crippen LogP contribution >= 0.6 is 0 Å². The van der Waals surface area contributed by atoms with Gasteiger partial charge < -0.3 is 15.2 Å². The van der Waals surface area contributed by atoms with Gasteiger partial charge in [-0.05, 0) is 38.0 Å². The Morgan fingerprint density at radius 1 is 1.26 bits per heavy atom. The molecule has 7 nitrogen and oxygen atoms in total. The van der Waals surface area contributed by atoms with Gasteiger partial charge in [0, 0.05) is 6.04 Å². The van der Waals surface area contributed by atoms with E-state index in [1.54, 1.807) is 14.0 Å². The summed E-state index contributed by atoms with van der Waals surface area (Å²) in [5, 5.41) is 5.15. The molecule has 0 saturated carbocycles. The van der Waals surface area contributed by atoms with Gasteiger partial charge in [0.05, 0.1) is 19.8 Å². The number of methoxy groups -OCH3 is 1. The monoisotopic (exact) mass is 323 g/mol. The maximum absolute atomic E-state index is 11.7. The van der Waals surface area contributed by atoms with Crippen LogP contribution in [0.15, 0.2) is 18.2 Å². The average molecular weight is 323 g/mol. The van der Waals surface area contributed by atoms with Gasteiger partial charge in [0.25, 0.3) is 0 Å². The Labute approximate surface area is 136 Å². The summed E-state index contributed by atoms with van der Waals surface area (Å²) in [7, 11) is 1.58. The number of rotatable bonds is 8. The molecule has 1 aromatic rings. The largest absolute Gasteiger partial charge is 0.493 e. The highest BCUT2D eigenvalue weighted by atomic mass is 16.5. The lowest BCUT2D eigenvalue weighted by molar-refractivity contribution is -0.121. The van der Waals surface area contributed by atoms with Crippen molar-refractivity contribution in [3.8, 4) is 11.5 Å². The fraction of sp³-hybridized carbons (Fsp3) is 0.500. The summed E-state index contributed by atoms with van der Waals surface area (Å²) in [6.45, 7) is 6.22. The second kappa shape index (κ2) is 8.99. The number of imide groups is 1. The van der Waals surface area contributed by atoms with E-state index in [0.29, 0.717) is 18.1 Å². The van der Waals surface area contributed by atoms with E-state index in [-0.39, 0.29) is 6.04 Å². The number of nitrogens with one attached hydrogen (secondary N) is 2. The number of benzene rings is 1. The lowest BCUT2D eigenvalue weighted by atomic mass is 10.1. The molecule has 0 radical (unpaired) electrons. The molecule has 0 aromatic heterocycles. The molecule has 0 aliphatic heterocycles. The molecule has 7 heteroatoms. The van der Waals surface area contributed by atoms with E-state index in [9.17, 15) is 9.59 Å². The molecule has 0 spiro atoms. The van der Waals surface area contributed by atoms with Crippen molar-refractivity contribution in [2.24, 2.45) is 5.73 Å². The second-order valence-electron chi connectivity index (χ2n) is 5.22. The molecule has 0 aliphatic carbocycles. The van der Waals surface area contributed by atoms with E-state index in [2.05, 4.69) is 5.32 Å². The Kier molecular flexibility index (Phi) is 7.34. The minimum Gasteiger partial charge on any atom is -0.493 e. The van der Waals surface area contributed by atoms with Crippen molar-refractivity contribution >= 4 is 11.9 Å². The van der Waals surface area contributed by atoms with Gasteiger partial charge >= 0.3 is 6.03 Å². The second-order valence-corrected chi connectivity index (χ2v) is 5.22. The fourth-order valence-electron chi connectivity index (χ4n) is 2.06. The Bertz CT molecular complexity index is 548. The van der Waals surface area contributed by atoms with Gasteiger partial charge in [-0.15, -0.1) is 0 Å². The summed E-state index contributed by atoms with van der Waals surface area (Å²) in [5.74, 6) is 0.850. The number of hydrogen-bond donors (Lipinski definition) is 3. The van der Waals surface area contributed by atoms with E-state index in [1.165, 1.54) is 0 Å². The average Bonchev–Trinajstić information content (AvgIpc) is 2.51. The van der Waals surface area contributed by atoms with Crippen molar-refractivity contribution in [1.29, 1.82) is 0 Å². The van der Waals surface area contributed by atoms with Crippen LogP contribution < -0.4 is 25.8 Å². The topological polar surface area (TPSA) is 103 Å². The van der Waals surface area contributed by atoms with Crippen LogP contribution in [0.2, 0.25) is 0 Å². The number of ether oxygens (including phenoxy) is 2. The maximum atomic E-state index is 11.7.